The lowest BCUT2D eigenvalue weighted by Gasteiger charge is -2.43. The Bertz CT molecular complexity index is 670. The van der Waals surface area contributed by atoms with Gasteiger partial charge in [0.05, 0.1) is 0 Å². The lowest BCUT2D eigenvalue weighted by Crippen LogP contribution is -2.58. The summed E-state index contributed by atoms with van der Waals surface area (Å²) in [5.41, 5.74) is 0.240. The van der Waals surface area contributed by atoms with Crippen molar-refractivity contribution in [2.45, 2.75) is 31.2 Å². The van der Waals surface area contributed by atoms with E-state index in [1.807, 2.05) is 29.2 Å². The minimum atomic E-state index is -0.647. The summed E-state index contributed by atoms with van der Waals surface area (Å²) in [5.74, 6) is 0.353. The smallest absolute Gasteiger partial charge is 0.248 e. The molecule has 2 heterocycles. The summed E-state index contributed by atoms with van der Waals surface area (Å²) in [5, 5.41) is 6.98. The highest BCUT2D eigenvalue weighted by Crippen LogP contribution is 2.30. The van der Waals surface area contributed by atoms with Crippen LogP contribution in [0.3, 0.4) is 0 Å². The summed E-state index contributed by atoms with van der Waals surface area (Å²) in [6.07, 6.45) is 3.03. The van der Waals surface area contributed by atoms with Gasteiger partial charge in [0.15, 0.2) is 0 Å². The number of piperidine rings is 1. The lowest BCUT2D eigenvalue weighted by molar-refractivity contribution is -0.140. The van der Waals surface area contributed by atoms with Gasteiger partial charge in [0.1, 0.15) is 11.4 Å². The first-order chi connectivity index (χ1) is 13.5. The molecule has 0 spiro atoms. The number of rotatable bonds is 6. The number of anilines is 1. The summed E-state index contributed by atoms with van der Waals surface area (Å²) in [6.45, 7) is 3.15. The molecule has 6 nitrogen and oxygen atoms in total. The molecule has 0 unspecified atom stereocenters. The molecular formula is C20H27Cl2N3O3. The van der Waals surface area contributed by atoms with Gasteiger partial charge in [-0.3, -0.25) is 9.59 Å². The third kappa shape index (κ3) is 5.31. The minimum Gasteiger partial charge on any atom is -0.381 e. The number of benzene rings is 1. The first-order valence-corrected chi connectivity index (χ1v) is 10.7. The number of nitrogens with zero attached hydrogens (tertiary/aromatic N) is 1. The van der Waals surface area contributed by atoms with Crippen LogP contribution in [0, 0.1) is 5.92 Å². The Kier molecular flexibility index (Phi) is 7.43. The largest absolute Gasteiger partial charge is 0.381 e. The van der Waals surface area contributed by atoms with Gasteiger partial charge in [0.25, 0.3) is 0 Å². The highest BCUT2D eigenvalue weighted by molar-refractivity contribution is 6.30. The van der Waals surface area contributed by atoms with Crippen molar-refractivity contribution >= 4 is 40.7 Å². The molecule has 0 atom stereocenters. The highest BCUT2D eigenvalue weighted by Gasteiger charge is 2.43. The van der Waals surface area contributed by atoms with Gasteiger partial charge in [-0.25, -0.2) is 0 Å². The summed E-state index contributed by atoms with van der Waals surface area (Å²) in [4.78, 5) is 26.7. The van der Waals surface area contributed by atoms with Crippen LogP contribution in [-0.2, 0) is 14.3 Å². The number of nitrogens with one attached hydrogen (secondary N) is 2. The number of ether oxygens (including phenoxy) is 1. The van der Waals surface area contributed by atoms with Gasteiger partial charge >= 0.3 is 0 Å². The average Bonchev–Trinajstić information content (AvgIpc) is 2.74. The maximum atomic E-state index is 13.5. The van der Waals surface area contributed by atoms with Crippen molar-refractivity contribution < 1.29 is 14.3 Å². The molecule has 0 bridgehead atoms. The minimum absolute atomic E-state index is 0.0156. The quantitative estimate of drug-likeness (QED) is 0.684. The van der Waals surface area contributed by atoms with Gasteiger partial charge in [-0.15, -0.1) is 11.6 Å². The van der Waals surface area contributed by atoms with E-state index in [4.69, 9.17) is 27.9 Å². The van der Waals surface area contributed by atoms with Gasteiger partial charge in [-0.1, -0.05) is 11.6 Å². The number of likely N-dealkylation sites (tertiary alicyclic amines) is 1. The number of carbonyl (C=O) groups is 2. The van der Waals surface area contributed by atoms with Crippen molar-refractivity contribution in [2.24, 2.45) is 5.92 Å². The fraction of sp³-hybridized carbons (Fsp3) is 0.600. The molecule has 0 aromatic heterocycles. The molecule has 0 radical (unpaired) electrons. The normalized spacial score (nSPS) is 19.9. The fourth-order valence-electron chi connectivity index (χ4n) is 3.87. The van der Waals surface area contributed by atoms with Crippen molar-refractivity contribution in [3.05, 3.63) is 29.3 Å². The number of hydrogen-bond donors (Lipinski definition) is 2. The van der Waals surface area contributed by atoms with Crippen molar-refractivity contribution in [1.82, 2.24) is 10.2 Å². The standard InChI is InChI=1S/C20H27Cl2N3O3/c21-13-18(26)23-14-15-5-9-25(10-6-15)19(27)20(7-11-28-12-8-20)24-17-3-1-16(22)2-4-17/h1-4,15,24H,5-14H2,(H,23,26). The van der Waals surface area contributed by atoms with Crippen molar-refractivity contribution in [3.63, 3.8) is 0 Å². The van der Waals surface area contributed by atoms with Crippen molar-refractivity contribution in [1.29, 1.82) is 0 Å². The van der Waals surface area contributed by atoms with E-state index in [1.54, 1.807) is 0 Å². The molecule has 8 heteroatoms. The van der Waals surface area contributed by atoms with Crippen LogP contribution in [0.25, 0.3) is 0 Å². The maximum Gasteiger partial charge on any atom is 0.248 e. The molecule has 0 aliphatic carbocycles. The Hall–Kier alpha value is -1.50. The Labute approximate surface area is 175 Å². The number of carbonyl (C=O) groups excluding carboxylic acids is 2. The van der Waals surface area contributed by atoms with Crippen LogP contribution in [-0.4, -0.2) is 61.0 Å². The van der Waals surface area contributed by atoms with E-state index >= 15 is 0 Å². The van der Waals surface area contributed by atoms with E-state index in [9.17, 15) is 9.59 Å². The molecule has 28 heavy (non-hydrogen) atoms. The van der Waals surface area contributed by atoms with E-state index in [-0.39, 0.29) is 17.7 Å². The number of alkyl halides is 1. The molecule has 2 aliphatic heterocycles. The van der Waals surface area contributed by atoms with Crippen molar-refractivity contribution in [3.8, 4) is 0 Å². The first kappa shape index (κ1) is 21.2. The average molecular weight is 428 g/mol. The van der Waals surface area contributed by atoms with Crippen LogP contribution >= 0.6 is 23.2 Å². The Balaban J connectivity index is 1.62. The van der Waals surface area contributed by atoms with Crippen LogP contribution in [0.15, 0.2) is 24.3 Å². The number of halogens is 2. The lowest BCUT2D eigenvalue weighted by atomic mass is 9.86. The van der Waals surface area contributed by atoms with Crippen LogP contribution in [0.2, 0.25) is 5.02 Å². The first-order valence-electron chi connectivity index (χ1n) is 9.76. The molecule has 2 amide bonds. The maximum absolute atomic E-state index is 13.5. The van der Waals surface area contributed by atoms with E-state index in [0.29, 0.717) is 56.6 Å². The highest BCUT2D eigenvalue weighted by atomic mass is 35.5. The Morgan fingerprint density at radius 3 is 2.39 bits per heavy atom. The molecule has 2 saturated heterocycles. The van der Waals surface area contributed by atoms with E-state index < -0.39 is 5.54 Å². The zero-order valence-electron chi connectivity index (χ0n) is 15.9. The van der Waals surface area contributed by atoms with E-state index in [2.05, 4.69) is 10.6 Å². The zero-order chi connectivity index (χ0) is 20.0. The molecule has 2 fully saturated rings. The molecule has 1 aromatic carbocycles. The predicted octanol–water partition coefficient (Wildman–Crippen LogP) is 2.89. The third-order valence-electron chi connectivity index (χ3n) is 5.59. The Morgan fingerprint density at radius 2 is 1.79 bits per heavy atom. The second-order valence-electron chi connectivity index (χ2n) is 7.50. The molecular weight excluding hydrogens is 401 g/mol. The van der Waals surface area contributed by atoms with Crippen LogP contribution in [0.4, 0.5) is 5.69 Å². The topological polar surface area (TPSA) is 70.7 Å². The number of amides is 2. The SMILES string of the molecule is O=C(CCl)NCC1CCN(C(=O)C2(Nc3ccc(Cl)cc3)CCOCC2)CC1. The van der Waals surface area contributed by atoms with Crippen LogP contribution in [0.5, 0.6) is 0 Å². The van der Waals surface area contributed by atoms with Gasteiger partial charge in [0, 0.05) is 56.4 Å². The zero-order valence-corrected chi connectivity index (χ0v) is 17.4. The second-order valence-corrected chi connectivity index (χ2v) is 8.20. The summed E-state index contributed by atoms with van der Waals surface area (Å²) in [7, 11) is 0. The second kappa shape index (κ2) is 9.81. The fourth-order valence-corrected chi connectivity index (χ4v) is 4.09. The van der Waals surface area contributed by atoms with Crippen LogP contribution in [0.1, 0.15) is 25.7 Å². The van der Waals surface area contributed by atoms with Crippen LogP contribution < -0.4 is 10.6 Å². The van der Waals surface area contributed by atoms with E-state index in [1.165, 1.54) is 0 Å². The van der Waals surface area contributed by atoms with Crippen molar-refractivity contribution in [2.75, 3.05) is 44.0 Å². The summed E-state index contributed by atoms with van der Waals surface area (Å²) in [6, 6.07) is 7.45. The molecule has 2 N–H and O–H groups in total. The Morgan fingerprint density at radius 1 is 1.14 bits per heavy atom. The van der Waals surface area contributed by atoms with Gasteiger partial charge in [-0.05, 0) is 43.0 Å². The molecule has 154 valence electrons. The van der Waals surface area contributed by atoms with E-state index in [0.717, 1.165) is 18.5 Å². The molecule has 3 rings (SSSR count). The molecule has 0 saturated carbocycles. The van der Waals surface area contributed by atoms with Gasteiger partial charge in [0.2, 0.25) is 11.8 Å². The monoisotopic (exact) mass is 427 g/mol. The summed E-state index contributed by atoms with van der Waals surface area (Å²) < 4.78 is 5.52. The summed E-state index contributed by atoms with van der Waals surface area (Å²) >= 11 is 11.5. The number of hydrogen-bond acceptors (Lipinski definition) is 4. The van der Waals surface area contributed by atoms with Gasteiger partial charge in [-0.2, -0.15) is 0 Å². The van der Waals surface area contributed by atoms with Gasteiger partial charge < -0.3 is 20.3 Å². The molecule has 1 aromatic rings. The predicted molar refractivity (Wildman–Crippen MR) is 111 cm³/mol. The third-order valence-corrected chi connectivity index (χ3v) is 6.09. The molecule has 2 aliphatic rings.